The number of nitrogens with one attached hydrogen (secondary N) is 2. The van der Waals surface area contributed by atoms with Gasteiger partial charge in [0, 0.05) is 24.9 Å². The highest BCUT2D eigenvalue weighted by Gasteiger charge is 2.45. The first-order valence-corrected chi connectivity index (χ1v) is 12.6. The highest BCUT2D eigenvalue weighted by Crippen LogP contribution is 2.33. The van der Waals surface area contributed by atoms with Crippen molar-refractivity contribution < 1.29 is 28.7 Å². The number of fused-ring (bicyclic) bond motifs is 1. The van der Waals surface area contributed by atoms with Crippen LogP contribution in [0.25, 0.3) is 0 Å². The molecule has 0 aliphatic carbocycles. The number of nitrogens with zero attached hydrogens (tertiary/aromatic N) is 3. The summed E-state index contributed by atoms with van der Waals surface area (Å²) in [6.45, 7) is 2.04. The summed E-state index contributed by atoms with van der Waals surface area (Å²) in [5, 5.41) is 12.5. The fourth-order valence-corrected chi connectivity index (χ4v) is 4.29. The average Bonchev–Trinajstić information content (AvgIpc) is 3.19. The lowest BCUT2D eigenvalue weighted by Crippen LogP contribution is -2.54. The van der Waals surface area contributed by atoms with Crippen molar-refractivity contribution in [2.75, 3.05) is 6.61 Å². The lowest BCUT2D eigenvalue weighted by Gasteiger charge is -2.27. The van der Waals surface area contributed by atoms with E-state index < -0.39 is 29.7 Å². The number of carbonyl (C=O) groups excluding carboxylic acids is 5. The fraction of sp³-hybridized carbons (Fsp3) is 0.296. The number of hydrogen-bond acceptors (Lipinski definition) is 8. The molecule has 1 unspecified atom stereocenters. The molecule has 2 aromatic carbocycles. The third-order valence-electron chi connectivity index (χ3n) is 6.29. The molecular formula is C27H29N7O6. The van der Waals surface area contributed by atoms with Gasteiger partial charge in [-0.25, -0.2) is 0 Å². The second kappa shape index (κ2) is 12.2. The maximum absolute atomic E-state index is 13.1. The summed E-state index contributed by atoms with van der Waals surface area (Å²) in [5.74, 6) is -1.86. The van der Waals surface area contributed by atoms with E-state index in [2.05, 4.69) is 20.8 Å². The summed E-state index contributed by atoms with van der Waals surface area (Å²) in [5.41, 5.74) is 13.0. The quantitative estimate of drug-likeness (QED) is 0.109. The number of amides is 5. The molecule has 0 saturated carbocycles. The molecule has 1 saturated heterocycles. The number of hydrogen-bond donors (Lipinski definition) is 4. The first kappa shape index (κ1) is 28.0. The molecule has 1 fully saturated rings. The largest absolute Gasteiger partial charge is 0.493 e. The molecule has 208 valence electrons. The van der Waals surface area contributed by atoms with Gasteiger partial charge in [0.1, 0.15) is 17.6 Å². The first-order valence-electron chi connectivity index (χ1n) is 12.6. The zero-order valence-corrected chi connectivity index (χ0v) is 21.8. The van der Waals surface area contributed by atoms with E-state index in [0.717, 1.165) is 10.5 Å². The van der Waals surface area contributed by atoms with E-state index in [0.29, 0.717) is 24.4 Å². The monoisotopic (exact) mass is 547 g/mol. The Morgan fingerprint density at radius 3 is 2.52 bits per heavy atom. The molecule has 4 rings (SSSR count). The fourth-order valence-electron chi connectivity index (χ4n) is 4.29. The second-order valence-corrected chi connectivity index (χ2v) is 9.28. The van der Waals surface area contributed by atoms with Crippen LogP contribution in [0, 0.1) is 0 Å². The summed E-state index contributed by atoms with van der Waals surface area (Å²) in [4.78, 5) is 62.9. The summed E-state index contributed by atoms with van der Waals surface area (Å²) >= 11 is 0. The van der Waals surface area contributed by atoms with Gasteiger partial charge >= 0.3 is 0 Å². The van der Waals surface area contributed by atoms with E-state index in [9.17, 15) is 24.0 Å². The van der Waals surface area contributed by atoms with Gasteiger partial charge in [-0.15, -0.1) is 10.2 Å². The van der Waals surface area contributed by atoms with Crippen LogP contribution in [-0.2, 0) is 20.9 Å². The Kier molecular flexibility index (Phi) is 8.52. The second-order valence-electron chi connectivity index (χ2n) is 9.28. The molecule has 13 heteroatoms. The van der Waals surface area contributed by atoms with Crippen LogP contribution in [0.3, 0.4) is 0 Å². The number of benzene rings is 2. The van der Waals surface area contributed by atoms with Gasteiger partial charge in [-0.2, -0.15) is 0 Å². The van der Waals surface area contributed by atoms with Crippen molar-refractivity contribution in [3.05, 3.63) is 64.7 Å². The number of carbonyl (C=O) groups is 5. The molecule has 2 aromatic rings. The SMILES string of the molecule is C/C(N)=N/N=C(\N)c1ccc(CNC(=O)CCCOc2cccc3c2C(=O)N(C2CCC(=O)NC2=O)C3=O)cc1. The van der Waals surface area contributed by atoms with E-state index >= 15 is 0 Å². The highest BCUT2D eigenvalue weighted by molar-refractivity contribution is 6.24. The molecule has 13 nitrogen and oxygen atoms in total. The molecular weight excluding hydrogens is 518 g/mol. The van der Waals surface area contributed by atoms with Crippen LogP contribution in [0.2, 0.25) is 0 Å². The molecule has 6 N–H and O–H groups in total. The summed E-state index contributed by atoms with van der Waals surface area (Å²) in [6, 6.07) is 10.7. The normalized spacial score (nSPS) is 17.5. The molecule has 0 radical (unpaired) electrons. The predicted octanol–water partition coefficient (Wildman–Crippen LogP) is 0.561. The zero-order valence-electron chi connectivity index (χ0n) is 21.8. The first-order chi connectivity index (χ1) is 19.2. The van der Waals surface area contributed by atoms with Gasteiger partial charge in [0.05, 0.1) is 17.7 Å². The maximum atomic E-state index is 13.1. The van der Waals surface area contributed by atoms with E-state index in [1.807, 2.05) is 12.1 Å². The van der Waals surface area contributed by atoms with Gasteiger partial charge in [0.15, 0.2) is 5.84 Å². The lowest BCUT2D eigenvalue weighted by atomic mass is 10.0. The van der Waals surface area contributed by atoms with Crippen LogP contribution in [-0.4, -0.2) is 58.8 Å². The lowest BCUT2D eigenvalue weighted by molar-refractivity contribution is -0.136. The van der Waals surface area contributed by atoms with Crippen LogP contribution >= 0.6 is 0 Å². The van der Waals surface area contributed by atoms with Crippen LogP contribution in [0.4, 0.5) is 0 Å². The van der Waals surface area contributed by atoms with E-state index in [-0.39, 0.29) is 54.5 Å². The maximum Gasteiger partial charge on any atom is 0.266 e. The smallest absolute Gasteiger partial charge is 0.266 e. The predicted molar refractivity (Wildman–Crippen MR) is 144 cm³/mol. The standard InChI is InChI=1S/C27H29N7O6/c1-15(28)32-33-24(29)17-9-7-16(8-10-17)14-30-21(35)6-3-13-40-20-5-2-4-18-23(20)27(39)34(26(18)38)19-11-12-22(36)31-25(19)37/h2,4-5,7-10,19H,3,6,11-14H2,1H3,(H2,28,32)(H2,29,33)(H,30,35)(H,31,36,37). The van der Waals surface area contributed by atoms with Gasteiger partial charge < -0.3 is 21.5 Å². The van der Waals surface area contributed by atoms with Crippen molar-refractivity contribution in [1.29, 1.82) is 0 Å². The van der Waals surface area contributed by atoms with Gasteiger partial charge in [0.2, 0.25) is 17.7 Å². The van der Waals surface area contributed by atoms with Gasteiger partial charge in [0.25, 0.3) is 11.8 Å². The number of amidine groups is 2. The van der Waals surface area contributed by atoms with Crippen molar-refractivity contribution in [3.63, 3.8) is 0 Å². The molecule has 2 heterocycles. The molecule has 2 aliphatic rings. The van der Waals surface area contributed by atoms with Crippen molar-refractivity contribution >= 4 is 41.2 Å². The Balaban J connectivity index is 1.26. The summed E-state index contributed by atoms with van der Waals surface area (Å²) in [6.07, 6.45) is 0.645. The zero-order chi connectivity index (χ0) is 28.8. The number of rotatable bonds is 10. The van der Waals surface area contributed by atoms with E-state index in [4.69, 9.17) is 16.2 Å². The molecule has 0 bridgehead atoms. The van der Waals surface area contributed by atoms with Gasteiger partial charge in [-0.1, -0.05) is 30.3 Å². The van der Waals surface area contributed by atoms with Crippen LogP contribution in [0.5, 0.6) is 5.75 Å². The number of imide groups is 2. The van der Waals surface area contributed by atoms with Crippen LogP contribution in [0.15, 0.2) is 52.7 Å². The third kappa shape index (κ3) is 6.31. The molecule has 1 atom stereocenters. The summed E-state index contributed by atoms with van der Waals surface area (Å²) in [7, 11) is 0. The topological polar surface area (TPSA) is 199 Å². The molecule has 2 aliphatic heterocycles. The Morgan fingerprint density at radius 2 is 1.82 bits per heavy atom. The Bertz CT molecular complexity index is 1410. The van der Waals surface area contributed by atoms with Crippen molar-refractivity contribution in [2.45, 2.75) is 45.2 Å². The average molecular weight is 548 g/mol. The number of ether oxygens (including phenoxy) is 1. The van der Waals surface area contributed by atoms with Gasteiger partial charge in [-0.05, 0) is 37.5 Å². The summed E-state index contributed by atoms with van der Waals surface area (Å²) < 4.78 is 5.76. The van der Waals surface area contributed by atoms with Crippen LogP contribution in [0.1, 0.15) is 64.4 Å². The minimum Gasteiger partial charge on any atom is -0.493 e. The molecule has 0 aromatic heterocycles. The van der Waals surface area contributed by atoms with Crippen molar-refractivity contribution in [2.24, 2.45) is 21.7 Å². The minimum atomic E-state index is -1.06. The molecule has 5 amide bonds. The number of nitrogens with two attached hydrogens (primary N) is 2. The molecule has 0 spiro atoms. The number of piperidine rings is 1. The highest BCUT2D eigenvalue weighted by atomic mass is 16.5. The third-order valence-corrected chi connectivity index (χ3v) is 6.29. The minimum absolute atomic E-state index is 0.0362. The Hall–Kier alpha value is -5.07. The Labute approximate surface area is 229 Å². The Morgan fingerprint density at radius 1 is 1.07 bits per heavy atom. The van der Waals surface area contributed by atoms with E-state index in [1.54, 1.807) is 31.2 Å². The molecule has 40 heavy (non-hydrogen) atoms. The van der Waals surface area contributed by atoms with E-state index in [1.165, 1.54) is 6.07 Å². The van der Waals surface area contributed by atoms with Gasteiger partial charge in [-0.3, -0.25) is 34.2 Å². The van der Waals surface area contributed by atoms with Crippen LogP contribution < -0.4 is 26.8 Å². The van der Waals surface area contributed by atoms with Crippen molar-refractivity contribution in [1.82, 2.24) is 15.5 Å². The van der Waals surface area contributed by atoms with Crippen molar-refractivity contribution in [3.8, 4) is 5.75 Å².